The lowest BCUT2D eigenvalue weighted by Gasteiger charge is -2.42. The van der Waals surface area contributed by atoms with E-state index in [2.05, 4.69) is 65.1 Å². The van der Waals surface area contributed by atoms with Crippen LogP contribution in [0.1, 0.15) is 47.1 Å². The van der Waals surface area contributed by atoms with Crippen LogP contribution in [-0.2, 0) is 11.3 Å². The van der Waals surface area contributed by atoms with Crippen LogP contribution in [0, 0.1) is 0 Å². The first-order chi connectivity index (χ1) is 16.2. The van der Waals surface area contributed by atoms with Crippen molar-refractivity contribution >= 4 is 19.1 Å². The summed E-state index contributed by atoms with van der Waals surface area (Å²) in [6, 6.07) is 16.3. The van der Waals surface area contributed by atoms with Crippen molar-refractivity contribution in [3.8, 4) is 11.1 Å². The van der Waals surface area contributed by atoms with Gasteiger partial charge < -0.3 is 30.8 Å². The molecular formula is C27H40NO6P. The summed E-state index contributed by atoms with van der Waals surface area (Å²) in [5.41, 5.74) is 3.06. The lowest BCUT2D eigenvalue weighted by molar-refractivity contribution is -0.149. The third-order valence-electron chi connectivity index (χ3n) is 5.74. The average molecular weight is 506 g/mol. The number of rotatable bonds is 9. The standard InChI is InChI=1S/C27H40NO6P/c1-26(2,3)35(27(4,5)6)21-10-8-7-9-19(21)18-13-11-17(12-14-18)15-28-25(34)24(33)23(32)22(31)20(30)16-29/h7-14,20,22-24,29-33H,15-16H2,1-6H3,(H,28,34)/t20-,22-,23+,24-/m1/s1. The van der Waals surface area contributed by atoms with E-state index >= 15 is 0 Å². The Morgan fingerprint density at radius 3 is 1.91 bits per heavy atom. The molecule has 7 nitrogen and oxygen atoms in total. The summed E-state index contributed by atoms with van der Waals surface area (Å²) in [4.78, 5) is 12.2. The first kappa shape index (κ1) is 29.4. The minimum atomic E-state index is -1.95. The minimum absolute atomic E-state index is 0.111. The van der Waals surface area contributed by atoms with Gasteiger partial charge in [-0.1, -0.05) is 98.0 Å². The number of aliphatic hydroxyl groups excluding tert-OH is 5. The zero-order chi connectivity index (χ0) is 26.6. The maximum atomic E-state index is 12.2. The summed E-state index contributed by atoms with van der Waals surface area (Å²) in [7, 11) is -0.493. The van der Waals surface area contributed by atoms with Crippen LogP contribution in [-0.4, -0.2) is 72.8 Å². The lowest BCUT2D eigenvalue weighted by Crippen LogP contribution is -2.51. The first-order valence-electron chi connectivity index (χ1n) is 11.8. The van der Waals surface area contributed by atoms with Gasteiger partial charge in [-0.3, -0.25) is 4.79 Å². The summed E-state index contributed by atoms with van der Waals surface area (Å²) in [6.07, 6.45) is -7.41. The zero-order valence-corrected chi connectivity index (χ0v) is 22.3. The molecule has 1 amide bonds. The third kappa shape index (κ3) is 7.56. The minimum Gasteiger partial charge on any atom is -0.394 e. The number of carbonyl (C=O) groups is 1. The van der Waals surface area contributed by atoms with Crippen molar-refractivity contribution in [2.24, 2.45) is 0 Å². The van der Waals surface area contributed by atoms with Gasteiger partial charge in [-0.2, -0.15) is 0 Å². The molecule has 4 atom stereocenters. The van der Waals surface area contributed by atoms with Gasteiger partial charge in [0.05, 0.1) is 6.61 Å². The van der Waals surface area contributed by atoms with Crippen molar-refractivity contribution in [3.63, 3.8) is 0 Å². The molecule has 0 heterocycles. The zero-order valence-electron chi connectivity index (χ0n) is 21.4. The maximum Gasteiger partial charge on any atom is 0.251 e. The predicted octanol–water partition coefficient (Wildman–Crippen LogP) is 2.11. The molecule has 0 bridgehead atoms. The molecule has 0 fully saturated rings. The van der Waals surface area contributed by atoms with Crippen molar-refractivity contribution in [1.29, 1.82) is 0 Å². The van der Waals surface area contributed by atoms with Crippen LogP contribution in [0.3, 0.4) is 0 Å². The van der Waals surface area contributed by atoms with Crippen LogP contribution < -0.4 is 10.6 Å². The van der Waals surface area contributed by atoms with E-state index < -0.39 is 44.9 Å². The Morgan fingerprint density at radius 1 is 0.857 bits per heavy atom. The molecule has 0 unspecified atom stereocenters. The fraction of sp³-hybridized carbons (Fsp3) is 0.519. The molecule has 6 N–H and O–H groups in total. The molecule has 0 saturated carbocycles. The molecule has 194 valence electrons. The molecule has 0 aliphatic rings. The quantitative estimate of drug-likeness (QED) is 0.290. The van der Waals surface area contributed by atoms with E-state index in [4.69, 9.17) is 5.11 Å². The van der Waals surface area contributed by atoms with Crippen molar-refractivity contribution < 1.29 is 30.3 Å². The van der Waals surface area contributed by atoms with Gasteiger partial charge >= 0.3 is 0 Å². The smallest absolute Gasteiger partial charge is 0.251 e. The van der Waals surface area contributed by atoms with Gasteiger partial charge in [-0.15, -0.1) is 0 Å². The fourth-order valence-electron chi connectivity index (χ4n) is 4.42. The summed E-state index contributed by atoms with van der Waals surface area (Å²) in [5, 5.41) is 51.9. The monoisotopic (exact) mass is 505 g/mol. The van der Waals surface area contributed by atoms with Crippen LogP contribution in [0.5, 0.6) is 0 Å². The van der Waals surface area contributed by atoms with Crippen molar-refractivity contribution in [3.05, 3.63) is 54.1 Å². The molecule has 0 saturated heterocycles. The number of aliphatic hydroxyl groups is 5. The van der Waals surface area contributed by atoms with Gasteiger partial charge in [-0.05, 0) is 32.3 Å². The Kier molecular flexibility index (Phi) is 10.0. The van der Waals surface area contributed by atoms with E-state index in [1.165, 1.54) is 10.9 Å². The number of carbonyl (C=O) groups excluding carboxylic acids is 1. The molecule has 2 aromatic rings. The van der Waals surface area contributed by atoms with E-state index in [0.29, 0.717) is 0 Å². The summed E-state index contributed by atoms with van der Waals surface area (Å²) in [6.45, 7) is 13.1. The second-order valence-electron chi connectivity index (χ2n) is 10.8. The second kappa shape index (κ2) is 11.9. The number of hydrogen-bond acceptors (Lipinski definition) is 6. The Morgan fingerprint density at radius 2 is 1.40 bits per heavy atom. The SMILES string of the molecule is CC(C)(C)P(c1ccccc1-c1ccc(CNC(=O)[C@H](O)[C@@H](O)[C@H](O)[C@H](O)CO)cc1)C(C)(C)C. The number of hydrogen-bond donors (Lipinski definition) is 6. The van der Waals surface area contributed by atoms with Crippen LogP contribution in [0.2, 0.25) is 0 Å². The van der Waals surface area contributed by atoms with Crippen molar-refractivity contribution in [2.75, 3.05) is 6.61 Å². The molecule has 0 spiro atoms. The van der Waals surface area contributed by atoms with E-state index in [-0.39, 0.29) is 16.9 Å². The number of nitrogens with one attached hydrogen (secondary N) is 1. The van der Waals surface area contributed by atoms with Crippen LogP contribution in [0.25, 0.3) is 11.1 Å². The summed E-state index contributed by atoms with van der Waals surface area (Å²) >= 11 is 0. The summed E-state index contributed by atoms with van der Waals surface area (Å²) in [5.74, 6) is -0.892. The van der Waals surface area contributed by atoms with Gasteiger partial charge in [0.1, 0.15) is 18.3 Å². The molecule has 2 rings (SSSR count). The van der Waals surface area contributed by atoms with E-state index in [0.717, 1.165) is 11.1 Å². The molecule has 2 aromatic carbocycles. The number of benzene rings is 2. The Hall–Kier alpha value is -1.86. The predicted molar refractivity (Wildman–Crippen MR) is 141 cm³/mol. The Bertz CT molecular complexity index is 953. The van der Waals surface area contributed by atoms with Gasteiger partial charge in [-0.25, -0.2) is 0 Å². The maximum absolute atomic E-state index is 12.2. The highest BCUT2D eigenvalue weighted by molar-refractivity contribution is 7.68. The first-order valence-corrected chi connectivity index (χ1v) is 13.1. The van der Waals surface area contributed by atoms with Crippen molar-refractivity contribution in [1.82, 2.24) is 5.32 Å². The molecule has 35 heavy (non-hydrogen) atoms. The largest absolute Gasteiger partial charge is 0.394 e. The highest BCUT2D eigenvalue weighted by atomic mass is 31.1. The topological polar surface area (TPSA) is 130 Å². The van der Waals surface area contributed by atoms with Crippen molar-refractivity contribution in [2.45, 2.75) is 82.8 Å². The summed E-state index contributed by atoms with van der Waals surface area (Å²) < 4.78 is 0. The van der Waals surface area contributed by atoms with Crippen LogP contribution in [0.4, 0.5) is 0 Å². The second-order valence-corrected chi connectivity index (χ2v) is 14.6. The highest BCUT2D eigenvalue weighted by Gasteiger charge is 2.37. The van der Waals surface area contributed by atoms with Gasteiger partial charge in [0.25, 0.3) is 5.91 Å². The van der Waals surface area contributed by atoms with Gasteiger partial charge in [0.2, 0.25) is 0 Å². The average Bonchev–Trinajstić information content (AvgIpc) is 2.79. The Labute approximate surface area is 209 Å². The third-order valence-corrected chi connectivity index (χ3v) is 9.30. The van der Waals surface area contributed by atoms with Gasteiger partial charge in [0.15, 0.2) is 6.10 Å². The van der Waals surface area contributed by atoms with Gasteiger partial charge in [0, 0.05) is 6.54 Å². The van der Waals surface area contributed by atoms with E-state index in [1.54, 1.807) is 0 Å². The molecular weight excluding hydrogens is 465 g/mol. The van der Waals surface area contributed by atoms with E-state index in [9.17, 15) is 25.2 Å². The Balaban J connectivity index is 2.17. The number of amides is 1. The normalized spacial score (nSPS) is 16.0. The van der Waals surface area contributed by atoms with Crippen LogP contribution in [0.15, 0.2) is 48.5 Å². The molecule has 0 radical (unpaired) electrons. The highest BCUT2D eigenvalue weighted by Crippen LogP contribution is 2.59. The molecule has 0 aliphatic carbocycles. The lowest BCUT2D eigenvalue weighted by atomic mass is 10.0. The molecule has 0 aromatic heterocycles. The van der Waals surface area contributed by atoms with E-state index in [1.807, 2.05) is 30.3 Å². The molecule has 0 aliphatic heterocycles. The molecule has 8 heteroatoms. The van der Waals surface area contributed by atoms with Crippen LogP contribution >= 0.6 is 7.92 Å². The fourth-order valence-corrected chi connectivity index (χ4v) is 8.55.